The highest BCUT2D eigenvalue weighted by molar-refractivity contribution is 9.09. The zero-order valence-corrected chi connectivity index (χ0v) is 17.1. The third-order valence-corrected chi connectivity index (χ3v) is 8.83. The summed E-state index contributed by atoms with van der Waals surface area (Å²) in [6, 6.07) is 0. The number of hydrogen-bond acceptors (Lipinski definition) is 2. The van der Waals surface area contributed by atoms with Crippen LogP contribution in [0.15, 0.2) is 11.6 Å². The monoisotopic (exact) mass is 386 g/mol. The Kier molecular flexibility index (Phi) is 5.76. The summed E-state index contributed by atoms with van der Waals surface area (Å²) in [5, 5.41) is 20.2. The van der Waals surface area contributed by atoms with Gasteiger partial charge in [0.15, 0.2) is 0 Å². The summed E-state index contributed by atoms with van der Waals surface area (Å²) in [7, 11) is 0. The Bertz CT molecular complexity index is 455. The Morgan fingerprint density at radius 3 is 2.43 bits per heavy atom. The molecule has 5 unspecified atom stereocenters. The van der Waals surface area contributed by atoms with Gasteiger partial charge in [-0.05, 0) is 75.0 Å². The molecule has 2 N–H and O–H groups in total. The average Bonchev–Trinajstić information content (AvgIpc) is 2.42. The van der Waals surface area contributed by atoms with Crippen LogP contribution in [0.4, 0.5) is 0 Å². The minimum Gasteiger partial charge on any atom is -0.392 e. The highest BCUT2D eigenvalue weighted by Gasteiger charge is 2.59. The first-order chi connectivity index (χ1) is 10.6. The fraction of sp³-hybridized carbons (Fsp3) is 0.900. The van der Waals surface area contributed by atoms with Crippen LogP contribution in [0.25, 0.3) is 0 Å². The topological polar surface area (TPSA) is 40.5 Å². The van der Waals surface area contributed by atoms with Gasteiger partial charge in [-0.25, -0.2) is 0 Å². The lowest BCUT2D eigenvalue weighted by Crippen LogP contribution is -2.59. The molecule has 0 spiro atoms. The molecule has 2 nitrogen and oxygen atoms in total. The molecule has 2 saturated carbocycles. The van der Waals surface area contributed by atoms with Gasteiger partial charge in [-0.15, -0.1) is 0 Å². The van der Waals surface area contributed by atoms with Crippen molar-refractivity contribution < 1.29 is 10.2 Å². The molecule has 2 aliphatic rings. The maximum Gasteiger partial charge on any atom is 0.0653 e. The molecule has 2 aliphatic carbocycles. The average molecular weight is 387 g/mol. The number of aliphatic hydroxyl groups is 2. The van der Waals surface area contributed by atoms with Crippen molar-refractivity contribution in [2.24, 2.45) is 22.7 Å². The standard InChI is InChI=1S/C20H35BrO2/c1-14(10-13-22)6-7-16-19(4)11-9-17(21)18(2,3)15(19)8-12-20(16,5)23/h10,15-17,22-23H,6-9,11-13H2,1-5H3. The molecule has 2 fully saturated rings. The molecule has 23 heavy (non-hydrogen) atoms. The summed E-state index contributed by atoms with van der Waals surface area (Å²) in [4.78, 5) is 0.577. The number of fused-ring (bicyclic) bond motifs is 1. The van der Waals surface area contributed by atoms with E-state index in [0.29, 0.717) is 16.7 Å². The Hall–Kier alpha value is 0.140. The maximum atomic E-state index is 11.1. The van der Waals surface area contributed by atoms with Gasteiger partial charge in [0.25, 0.3) is 0 Å². The van der Waals surface area contributed by atoms with E-state index in [-0.39, 0.29) is 17.4 Å². The first kappa shape index (κ1) is 19.5. The van der Waals surface area contributed by atoms with E-state index in [0.717, 1.165) is 25.7 Å². The summed E-state index contributed by atoms with van der Waals surface area (Å²) in [6.07, 6.45) is 8.31. The van der Waals surface area contributed by atoms with Crippen LogP contribution in [0.2, 0.25) is 0 Å². The van der Waals surface area contributed by atoms with Crippen LogP contribution in [0.5, 0.6) is 0 Å². The molecule has 0 radical (unpaired) electrons. The first-order valence-corrected chi connectivity index (χ1v) is 10.1. The predicted octanol–water partition coefficient (Wildman–Crippen LogP) is 5.07. The molecular formula is C20H35BrO2. The van der Waals surface area contributed by atoms with E-state index in [1.165, 1.54) is 18.4 Å². The van der Waals surface area contributed by atoms with Gasteiger partial charge in [0.05, 0.1) is 12.2 Å². The van der Waals surface area contributed by atoms with Crippen LogP contribution < -0.4 is 0 Å². The summed E-state index contributed by atoms with van der Waals surface area (Å²) < 4.78 is 0. The number of halogens is 1. The smallest absolute Gasteiger partial charge is 0.0653 e. The molecule has 0 bridgehead atoms. The molecule has 0 aliphatic heterocycles. The van der Waals surface area contributed by atoms with Crippen molar-refractivity contribution in [3.05, 3.63) is 11.6 Å². The fourth-order valence-corrected chi connectivity index (χ4v) is 6.31. The van der Waals surface area contributed by atoms with E-state index < -0.39 is 5.60 Å². The van der Waals surface area contributed by atoms with Crippen molar-refractivity contribution in [2.75, 3.05) is 6.61 Å². The fourth-order valence-electron chi connectivity index (χ4n) is 5.76. The third kappa shape index (κ3) is 3.57. The summed E-state index contributed by atoms with van der Waals surface area (Å²) in [5.41, 5.74) is 1.15. The third-order valence-electron chi connectivity index (χ3n) is 7.19. The lowest BCUT2D eigenvalue weighted by atomic mass is 9.45. The molecule has 0 aromatic heterocycles. The molecule has 3 heteroatoms. The number of alkyl halides is 1. The minimum atomic E-state index is -0.569. The number of allylic oxidation sites excluding steroid dienone is 1. The summed E-state index contributed by atoms with van der Waals surface area (Å²) >= 11 is 3.93. The maximum absolute atomic E-state index is 11.1. The van der Waals surface area contributed by atoms with Gasteiger partial charge in [-0.3, -0.25) is 0 Å². The number of rotatable bonds is 4. The lowest BCUT2D eigenvalue weighted by molar-refractivity contribution is -0.166. The molecule has 2 rings (SSSR count). The lowest BCUT2D eigenvalue weighted by Gasteiger charge is -2.62. The molecule has 0 amide bonds. The van der Waals surface area contributed by atoms with Gasteiger partial charge in [0, 0.05) is 4.83 Å². The Morgan fingerprint density at radius 1 is 1.17 bits per heavy atom. The second kappa shape index (κ2) is 6.80. The van der Waals surface area contributed by atoms with Crippen LogP contribution in [0.3, 0.4) is 0 Å². The first-order valence-electron chi connectivity index (χ1n) is 9.18. The van der Waals surface area contributed by atoms with E-state index in [1.54, 1.807) is 0 Å². The Balaban J connectivity index is 2.28. The Labute approximate surface area is 150 Å². The molecule has 0 heterocycles. The molecule has 5 atom stereocenters. The largest absolute Gasteiger partial charge is 0.392 e. The van der Waals surface area contributed by atoms with E-state index in [4.69, 9.17) is 5.11 Å². The predicted molar refractivity (Wildman–Crippen MR) is 101 cm³/mol. The number of aliphatic hydroxyl groups excluding tert-OH is 1. The molecular weight excluding hydrogens is 352 g/mol. The SMILES string of the molecule is CC(=CCO)CCC1C(C)(O)CCC2C(C)(C)C(Br)CCC12C. The van der Waals surface area contributed by atoms with Gasteiger partial charge < -0.3 is 10.2 Å². The van der Waals surface area contributed by atoms with Crippen molar-refractivity contribution >= 4 is 15.9 Å². The van der Waals surface area contributed by atoms with Crippen LogP contribution in [0.1, 0.15) is 73.1 Å². The Morgan fingerprint density at radius 2 is 1.83 bits per heavy atom. The minimum absolute atomic E-state index is 0.116. The van der Waals surface area contributed by atoms with Crippen molar-refractivity contribution in [1.29, 1.82) is 0 Å². The van der Waals surface area contributed by atoms with E-state index in [1.807, 2.05) is 6.08 Å². The van der Waals surface area contributed by atoms with Gasteiger partial charge in [-0.2, -0.15) is 0 Å². The summed E-state index contributed by atoms with van der Waals surface area (Å²) in [6.45, 7) is 11.5. The van der Waals surface area contributed by atoms with E-state index in [9.17, 15) is 5.11 Å². The van der Waals surface area contributed by atoms with Gasteiger partial charge in [-0.1, -0.05) is 48.4 Å². The van der Waals surface area contributed by atoms with E-state index in [2.05, 4.69) is 50.5 Å². The van der Waals surface area contributed by atoms with Crippen molar-refractivity contribution in [3.63, 3.8) is 0 Å². The van der Waals surface area contributed by atoms with Crippen molar-refractivity contribution in [3.8, 4) is 0 Å². The second-order valence-electron chi connectivity index (χ2n) is 9.11. The van der Waals surface area contributed by atoms with Crippen molar-refractivity contribution in [2.45, 2.75) is 83.6 Å². The molecule has 0 aromatic carbocycles. The number of hydrogen-bond donors (Lipinski definition) is 2. The second-order valence-corrected chi connectivity index (χ2v) is 10.2. The quantitative estimate of drug-likeness (QED) is 0.522. The zero-order chi connectivity index (χ0) is 17.5. The van der Waals surface area contributed by atoms with E-state index >= 15 is 0 Å². The van der Waals surface area contributed by atoms with Crippen LogP contribution in [-0.4, -0.2) is 27.2 Å². The van der Waals surface area contributed by atoms with Gasteiger partial charge >= 0.3 is 0 Å². The van der Waals surface area contributed by atoms with Crippen LogP contribution >= 0.6 is 15.9 Å². The van der Waals surface area contributed by atoms with Gasteiger partial charge in [0.1, 0.15) is 0 Å². The normalized spacial score (nSPS) is 44.0. The zero-order valence-electron chi connectivity index (χ0n) is 15.5. The van der Waals surface area contributed by atoms with Crippen molar-refractivity contribution in [1.82, 2.24) is 0 Å². The molecule has 134 valence electrons. The van der Waals surface area contributed by atoms with Crippen LogP contribution in [-0.2, 0) is 0 Å². The highest BCUT2D eigenvalue weighted by Crippen LogP contribution is 2.64. The molecule has 0 aromatic rings. The summed E-state index contributed by atoms with van der Waals surface area (Å²) in [5.74, 6) is 0.982. The highest BCUT2D eigenvalue weighted by atomic mass is 79.9. The van der Waals surface area contributed by atoms with Crippen LogP contribution in [0, 0.1) is 22.7 Å². The van der Waals surface area contributed by atoms with Gasteiger partial charge in [0.2, 0.25) is 0 Å². The molecule has 0 saturated heterocycles.